The third kappa shape index (κ3) is 2.81. The van der Waals surface area contributed by atoms with E-state index in [0.29, 0.717) is 13.2 Å². The smallest absolute Gasteiger partial charge is 0.171 e. The van der Waals surface area contributed by atoms with Gasteiger partial charge in [-0.1, -0.05) is 12.8 Å². The van der Waals surface area contributed by atoms with Crippen molar-refractivity contribution in [3.8, 4) is 0 Å². The summed E-state index contributed by atoms with van der Waals surface area (Å²) in [7, 11) is 0. The Morgan fingerprint density at radius 3 is 2.65 bits per heavy atom. The Bertz CT molecular complexity index is 261. The Kier molecular flexibility index (Phi) is 3.39. The summed E-state index contributed by atoms with van der Waals surface area (Å²) in [5.74, 6) is 0.544. The molecule has 1 aliphatic heterocycles. The van der Waals surface area contributed by atoms with Gasteiger partial charge in [-0.25, -0.2) is 0 Å². The highest BCUT2D eigenvalue weighted by atomic mass is 16.7. The van der Waals surface area contributed by atoms with Gasteiger partial charge in [-0.15, -0.1) is 0 Å². The Balaban J connectivity index is 1.49. The summed E-state index contributed by atoms with van der Waals surface area (Å²) in [4.78, 5) is 0. The molecule has 17 heavy (non-hydrogen) atoms. The van der Waals surface area contributed by atoms with Crippen LogP contribution in [0, 0.1) is 5.92 Å². The van der Waals surface area contributed by atoms with Crippen LogP contribution in [0.1, 0.15) is 38.5 Å². The summed E-state index contributed by atoms with van der Waals surface area (Å²) in [5, 5.41) is 0. The SMILES string of the molecule is NC1CCC2(CC1OCCC1CC1)OCCO2. The first-order valence-electron chi connectivity index (χ1n) is 6.92. The van der Waals surface area contributed by atoms with Crippen molar-refractivity contribution in [2.75, 3.05) is 19.8 Å². The Morgan fingerprint density at radius 2 is 1.94 bits per heavy atom. The van der Waals surface area contributed by atoms with Gasteiger partial charge in [0.2, 0.25) is 0 Å². The standard InChI is InChI=1S/C13H23NO3/c14-11-3-5-13(16-7-8-17-13)9-12(11)15-6-4-10-1-2-10/h10-12H,1-9,14H2. The van der Waals surface area contributed by atoms with Gasteiger partial charge in [0.05, 0.1) is 19.3 Å². The van der Waals surface area contributed by atoms with Gasteiger partial charge in [-0.2, -0.15) is 0 Å². The number of nitrogens with two attached hydrogens (primary N) is 1. The van der Waals surface area contributed by atoms with Gasteiger partial charge < -0.3 is 19.9 Å². The second-order valence-electron chi connectivity index (χ2n) is 5.66. The Labute approximate surface area is 103 Å². The highest BCUT2D eigenvalue weighted by molar-refractivity contribution is 4.91. The average molecular weight is 241 g/mol. The first kappa shape index (κ1) is 11.9. The molecule has 3 rings (SSSR count). The van der Waals surface area contributed by atoms with Crippen LogP contribution in [-0.4, -0.2) is 37.8 Å². The van der Waals surface area contributed by atoms with Crippen molar-refractivity contribution in [3.63, 3.8) is 0 Å². The van der Waals surface area contributed by atoms with Crippen LogP contribution in [0.15, 0.2) is 0 Å². The largest absolute Gasteiger partial charge is 0.376 e. The maximum absolute atomic E-state index is 6.13. The van der Waals surface area contributed by atoms with Crippen LogP contribution in [0.3, 0.4) is 0 Å². The Morgan fingerprint density at radius 1 is 1.18 bits per heavy atom. The third-order valence-corrected chi connectivity index (χ3v) is 4.22. The van der Waals surface area contributed by atoms with Crippen molar-refractivity contribution in [1.82, 2.24) is 0 Å². The van der Waals surface area contributed by atoms with E-state index >= 15 is 0 Å². The fourth-order valence-corrected chi connectivity index (χ4v) is 2.87. The molecule has 1 heterocycles. The maximum atomic E-state index is 6.13. The molecule has 0 aromatic rings. The van der Waals surface area contributed by atoms with Crippen LogP contribution < -0.4 is 5.73 Å². The number of hydrogen-bond acceptors (Lipinski definition) is 4. The molecule has 3 aliphatic rings. The molecule has 2 N–H and O–H groups in total. The average Bonchev–Trinajstić information content (AvgIpc) is 3.04. The van der Waals surface area contributed by atoms with E-state index in [1.54, 1.807) is 0 Å². The fourth-order valence-electron chi connectivity index (χ4n) is 2.87. The molecule has 1 saturated heterocycles. The summed E-state index contributed by atoms with van der Waals surface area (Å²) in [6, 6.07) is 0.146. The number of ether oxygens (including phenoxy) is 3. The van der Waals surface area contributed by atoms with Gasteiger partial charge in [0.1, 0.15) is 0 Å². The molecule has 4 nitrogen and oxygen atoms in total. The van der Waals surface area contributed by atoms with Crippen molar-refractivity contribution in [3.05, 3.63) is 0 Å². The normalized spacial score (nSPS) is 36.5. The molecule has 0 bridgehead atoms. The van der Waals surface area contributed by atoms with E-state index in [2.05, 4.69) is 0 Å². The second kappa shape index (κ2) is 4.84. The lowest BCUT2D eigenvalue weighted by molar-refractivity contribution is -0.205. The maximum Gasteiger partial charge on any atom is 0.171 e. The molecule has 2 unspecified atom stereocenters. The molecule has 0 radical (unpaired) electrons. The van der Waals surface area contributed by atoms with E-state index in [-0.39, 0.29) is 17.9 Å². The molecule has 4 heteroatoms. The lowest BCUT2D eigenvalue weighted by Gasteiger charge is -2.39. The van der Waals surface area contributed by atoms with Crippen molar-refractivity contribution in [2.24, 2.45) is 11.7 Å². The van der Waals surface area contributed by atoms with Crippen LogP contribution in [0.25, 0.3) is 0 Å². The van der Waals surface area contributed by atoms with E-state index in [1.807, 2.05) is 0 Å². The summed E-state index contributed by atoms with van der Waals surface area (Å²) >= 11 is 0. The monoisotopic (exact) mass is 241 g/mol. The first-order chi connectivity index (χ1) is 8.27. The van der Waals surface area contributed by atoms with Crippen LogP contribution >= 0.6 is 0 Å². The van der Waals surface area contributed by atoms with Gasteiger partial charge in [0.15, 0.2) is 5.79 Å². The molecule has 2 saturated carbocycles. The molecule has 0 aromatic heterocycles. The molecule has 2 atom stereocenters. The van der Waals surface area contributed by atoms with E-state index in [1.165, 1.54) is 19.3 Å². The van der Waals surface area contributed by atoms with Crippen molar-refractivity contribution < 1.29 is 14.2 Å². The van der Waals surface area contributed by atoms with Crippen molar-refractivity contribution >= 4 is 0 Å². The lowest BCUT2D eigenvalue weighted by atomic mass is 9.88. The second-order valence-corrected chi connectivity index (χ2v) is 5.66. The zero-order valence-electron chi connectivity index (χ0n) is 10.4. The predicted molar refractivity (Wildman–Crippen MR) is 63.5 cm³/mol. The van der Waals surface area contributed by atoms with E-state index in [0.717, 1.165) is 31.8 Å². The molecule has 1 spiro atoms. The predicted octanol–water partition coefficient (Wildman–Crippen LogP) is 1.43. The van der Waals surface area contributed by atoms with Crippen molar-refractivity contribution in [2.45, 2.75) is 56.5 Å². The van der Waals surface area contributed by atoms with Gasteiger partial charge in [-0.3, -0.25) is 0 Å². The highest BCUT2D eigenvalue weighted by Gasteiger charge is 2.44. The molecule has 2 aliphatic carbocycles. The lowest BCUT2D eigenvalue weighted by Crippen LogP contribution is -2.50. The highest BCUT2D eigenvalue weighted by Crippen LogP contribution is 2.37. The van der Waals surface area contributed by atoms with E-state index in [4.69, 9.17) is 19.9 Å². The fraction of sp³-hybridized carbons (Fsp3) is 1.00. The van der Waals surface area contributed by atoms with Gasteiger partial charge in [0.25, 0.3) is 0 Å². The third-order valence-electron chi connectivity index (χ3n) is 4.22. The number of hydrogen-bond donors (Lipinski definition) is 1. The van der Waals surface area contributed by atoms with Crippen LogP contribution in [-0.2, 0) is 14.2 Å². The van der Waals surface area contributed by atoms with Crippen molar-refractivity contribution in [1.29, 1.82) is 0 Å². The minimum atomic E-state index is -0.375. The molecular weight excluding hydrogens is 218 g/mol. The molecule has 3 fully saturated rings. The molecule has 0 aromatic carbocycles. The van der Waals surface area contributed by atoms with E-state index < -0.39 is 0 Å². The van der Waals surface area contributed by atoms with Gasteiger partial charge >= 0.3 is 0 Å². The van der Waals surface area contributed by atoms with Crippen LogP contribution in [0.2, 0.25) is 0 Å². The summed E-state index contributed by atoms with van der Waals surface area (Å²) < 4.78 is 17.4. The minimum absolute atomic E-state index is 0.112. The molecular formula is C13H23NO3. The Hall–Kier alpha value is -0.160. The first-order valence-corrected chi connectivity index (χ1v) is 6.92. The summed E-state index contributed by atoms with van der Waals surface area (Å²) in [5.41, 5.74) is 6.13. The van der Waals surface area contributed by atoms with Gasteiger partial charge in [0, 0.05) is 25.5 Å². The summed E-state index contributed by atoms with van der Waals surface area (Å²) in [6.45, 7) is 2.27. The van der Waals surface area contributed by atoms with Gasteiger partial charge in [-0.05, 0) is 18.8 Å². The summed E-state index contributed by atoms with van der Waals surface area (Å²) in [6.07, 6.45) is 6.73. The number of rotatable bonds is 4. The minimum Gasteiger partial charge on any atom is -0.376 e. The zero-order valence-corrected chi connectivity index (χ0v) is 10.4. The molecule has 98 valence electrons. The van der Waals surface area contributed by atoms with Crippen LogP contribution in [0.5, 0.6) is 0 Å². The topological polar surface area (TPSA) is 53.7 Å². The van der Waals surface area contributed by atoms with Crippen LogP contribution in [0.4, 0.5) is 0 Å². The van der Waals surface area contributed by atoms with E-state index in [9.17, 15) is 0 Å². The zero-order chi connectivity index (χ0) is 11.7. The quantitative estimate of drug-likeness (QED) is 0.809. The molecule has 0 amide bonds.